The van der Waals surface area contributed by atoms with Crippen molar-refractivity contribution >= 4 is 0 Å². The highest BCUT2D eigenvalue weighted by atomic mass is 15.1. The molecule has 0 saturated carbocycles. The molecular formula is C11H28N2. The van der Waals surface area contributed by atoms with E-state index in [1.807, 2.05) is 6.92 Å². The van der Waals surface area contributed by atoms with Crippen LogP contribution in [0.4, 0.5) is 0 Å². The molecule has 0 aromatic rings. The van der Waals surface area contributed by atoms with Gasteiger partial charge in [0.2, 0.25) is 0 Å². The Morgan fingerprint density at radius 2 is 1.38 bits per heavy atom. The first-order chi connectivity index (χ1) is 5.82. The average molecular weight is 188 g/mol. The Morgan fingerprint density at radius 3 is 1.38 bits per heavy atom. The summed E-state index contributed by atoms with van der Waals surface area (Å²) < 4.78 is 0. The smallest absolute Gasteiger partial charge is 0.00582 e. The molecule has 0 aromatic heterocycles. The van der Waals surface area contributed by atoms with Gasteiger partial charge in [-0.25, -0.2) is 0 Å². The highest BCUT2D eigenvalue weighted by Gasteiger charge is 1.97. The van der Waals surface area contributed by atoms with E-state index in [0.717, 1.165) is 6.04 Å². The SMILES string of the molecule is CC(C)C(C)N.CCC(C)N(C)C. The second-order valence-electron chi connectivity index (χ2n) is 4.32. The molecule has 0 saturated heterocycles. The summed E-state index contributed by atoms with van der Waals surface area (Å²) in [5.74, 6) is 0.630. The van der Waals surface area contributed by atoms with Crippen LogP contribution in [0.5, 0.6) is 0 Å². The molecule has 2 unspecified atom stereocenters. The lowest BCUT2D eigenvalue weighted by molar-refractivity contribution is 0.307. The van der Waals surface area contributed by atoms with Crippen LogP contribution in [0, 0.1) is 5.92 Å². The Bertz CT molecular complexity index is 92.3. The molecule has 0 aliphatic heterocycles. The number of nitrogens with zero attached hydrogens (tertiary/aromatic N) is 1. The summed E-state index contributed by atoms with van der Waals surface area (Å²) in [4.78, 5) is 2.22. The lowest BCUT2D eigenvalue weighted by atomic mass is 10.1. The molecule has 13 heavy (non-hydrogen) atoms. The summed E-state index contributed by atoms with van der Waals surface area (Å²) in [5, 5.41) is 0. The minimum absolute atomic E-state index is 0.352. The average Bonchev–Trinajstić information content (AvgIpc) is 2.03. The lowest BCUT2D eigenvalue weighted by Crippen LogP contribution is -2.23. The summed E-state index contributed by atoms with van der Waals surface area (Å²) in [5.41, 5.74) is 5.44. The first kappa shape index (κ1) is 15.4. The second kappa shape index (κ2) is 8.52. The summed E-state index contributed by atoms with van der Waals surface area (Å²) in [6, 6.07) is 1.09. The third kappa shape index (κ3) is 11.9. The minimum Gasteiger partial charge on any atom is -0.328 e. The van der Waals surface area contributed by atoms with Gasteiger partial charge in [-0.05, 0) is 40.3 Å². The molecule has 0 bridgehead atoms. The third-order valence-corrected chi connectivity index (χ3v) is 2.52. The predicted octanol–water partition coefficient (Wildman–Crippen LogP) is 2.34. The molecule has 2 heteroatoms. The Morgan fingerprint density at radius 1 is 1.08 bits per heavy atom. The zero-order valence-electron chi connectivity index (χ0n) is 10.5. The van der Waals surface area contributed by atoms with Gasteiger partial charge in [0, 0.05) is 12.1 Å². The van der Waals surface area contributed by atoms with Crippen molar-refractivity contribution in [2.24, 2.45) is 11.7 Å². The minimum atomic E-state index is 0.352. The van der Waals surface area contributed by atoms with Crippen molar-refractivity contribution in [3.05, 3.63) is 0 Å². The molecule has 0 amide bonds. The van der Waals surface area contributed by atoms with Crippen molar-refractivity contribution in [3.63, 3.8) is 0 Å². The Balaban J connectivity index is 0. The summed E-state index contributed by atoms with van der Waals surface area (Å²) in [7, 11) is 4.21. The number of hydrogen-bond donors (Lipinski definition) is 1. The number of hydrogen-bond acceptors (Lipinski definition) is 2. The van der Waals surface area contributed by atoms with Gasteiger partial charge in [0.1, 0.15) is 0 Å². The topological polar surface area (TPSA) is 29.3 Å². The molecule has 0 aliphatic carbocycles. The van der Waals surface area contributed by atoms with Crippen LogP contribution in [0.1, 0.15) is 41.0 Å². The van der Waals surface area contributed by atoms with Gasteiger partial charge >= 0.3 is 0 Å². The normalized spacial score (nSPS) is 15.2. The van der Waals surface area contributed by atoms with Gasteiger partial charge in [-0.15, -0.1) is 0 Å². The van der Waals surface area contributed by atoms with Crippen LogP contribution < -0.4 is 5.73 Å². The summed E-state index contributed by atoms with van der Waals surface area (Å²) in [6.45, 7) is 10.7. The van der Waals surface area contributed by atoms with E-state index >= 15 is 0 Å². The maximum Gasteiger partial charge on any atom is 0.00582 e. The van der Waals surface area contributed by atoms with Gasteiger partial charge in [-0.1, -0.05) is 20.8 Å². The van der Waals surface area contributed by atoms with Crippen LogP contribution in [0.25, 0.3) is 0 Å². The maximum atomic E-state index is 5.44. The number of nitrogens with two attached hydrogens (primary N) is 1. The van der Waals surface area contributed by atoms with Crippen LogP contribution >= 0.6 is 0 Å². The molecule has 0 radical (unpaired) electrons. The van der Waals surface area contributed by atoms with E-state index in [0.29, 0.717) is 12.0 Å². The molecule has 0 rings (SSSR count). The van der Waals surface area contributed by atoms with Gasteiger partial charge < -0.3 is 10.6 Å². The van der Waals surface area contributed by atoms with Gasteiger partial charge in [-0.2, -0.15) is 0 Å². The Labute approximate surface area is 84.5 Å². The van der Waals surface area contributed by atoms with Crippen molar-refractivity contribution in [3.8, 4) is 0 Å². The standard InChI is InChI=1S/C6H15N.C5H13N/c1-5-6(2)7(3)4;1-4(2)5(3)6/h6H,5H2,1-4H3;4-5H,6H2,1-3H3. The van der Waals surface area contributed by atoms with Crippen LogP contribution in [0.2, 0.25) is 0 Å². The van der Waals surface area contributed by atoms with Crippen molar-refractivity contribution in [1.82, 2.24) is 4.90 Å². The van der Waals surface area contributed by atoms with Crippen LogP contribution in [-0.4, -0.2) is 31.1 Å². The van der Waals surface area contributed by atoms with E-state index in [1.54, 1.807) is 0 Å². The monoisotopic (exact) mass is 188 g/mol. The molecular weight excluding hydrogens is 160 g/mol. The Kier molecular flexibility index (Phi) is 10.1. The zero-order valence-corrected chi connectivity index (χ0v) is 10.5. The third-order valence-electron chi connectivity index (χ3n) is 2.52. The number of rotatable bonds is 3. The summed E-state index contributed by atoms with van der Waals surface area (Å²) in [6.07, 6.45) is 1.24. The molecule has 0 fully saturated rings. The van der Waals surface area contributed by atoms with Crippen molar-refractivity contribution in [1.29, 1.82) is 0 Å². The quantitative estimate of drug-likeness (QED) is 0.736. The fraction of sp³-hybridized carbons (Fsp3) is 1.00. The van der Waals surface area contributed by atoms with E-state index in [2.05, 4.69) is 46.7 Å². The van der Waals surface area contributed by atoms with E-state index in [4.69, 9.17) is 5.73 Å². The van der Waals surface area contributed by atoms with Crippen LogP contribution in [-0.2, 0) is 0 Å². The molecule has 2 N–H and O–H groups in total. The summed E-state index contributed by atoms with van der Waals surface area (Å²) >= 11 is 0. The van der Waals surface area contributed by atoms with Crippen LogP contribution in [0.15, 0.2) is 0 Å². The highest BCUT2D eigenvalue weighted by molar-refractivity contribution is 4.55. The van der Waals surface area contributed by atoms with Gasteiger partial charge in [0.05, 0.1) is 0 Å². The fourth-order valence-electron chi connectivity index (χ4n) is 0.365. The van der Waals surface area contributed by atoms with Gasteiger partial charge in [0.15, 0.2) is 0 Å². The maximum absolute atomic E-state index is 5.44. The molecule has 82 valence electrons. The van der Waals surface area contributed by atoms with E-state index in [-0.39, 0.29) is 0 Å². The van der Waals surface area contributed by atoms with Crippen LogP contribution in [0.3, 0.4) is 0 Å². The largest absolute Gasteiger partial charge is 0.328 e. The lowest BCUT2D eigenvalue weighted by Gasteiger charge is -2.16. The van der Waals surface area contributed by atoms with E-state index in [1.165, 1.54) is 6.42 Å². The Hall–Kier alpha value is -0.0800. The molecule has 0 heterocycles. The molecule has 0 aliphatic rings. The van der Waals surface area contributed by atoms with Gasteiger partial charge in [0.25, 0.3) is 0 Å². The van der Waals surface area contributed by atoms with Crippen molar-refractivity contribution < 1.29 is 0 Å². The van der Waals surface area contributed by atoms with E-state index in [9.17, 15) is 0 Å². The van der Waals surface area contributed by atoms with Gasteiger partial charge in [-0.3, -0.25) is 0 Å². The molecule has 2 atom stereocenters. The van der Waals surface area contributed by atoms with Crippen molar-refractivity contribution in [2.45, 2.75) is 53.1 Å². The van der Waals surface area contributed by atoms with Crippen molar-refractivity contribution in [2.75, 3.05) is 14.1 Å². The molecule has 2 nitrogen and oxygen atoms in total. The predicted molar refractivity (Wildman–Crippen MR) is 61.9 cm³/mol. The molecule has 0 aromatic carbocycles. The highest BCUT2D eigenvalue weighted by Crippen LogP contribution is 1.94. The second-order valence-corrected chi connectivity index (χ2v) is 4.32. The first-order valence-corrected chi connectivity index (χ1v) is 5.24. The van der Waals surface area contributed by atoms with E-state index < -0.39 is 0 Å². The molecule has 0 spiro atoms. The first-order valence-electron chi connectivity index (χ1n) is 5.24. The fourth-order valence-corrected chi connectivity index (χ4v) is 0.365. The zero-order chi connectivity index (χ0) is 11.0.